The molecule has 1 atom stereocenters. The Bertz CT molecular complexity index is 182. The summed E-state index contributed by atoms with van der Waals surface area (Å²) in [6.07, 6.45) is 5.16. The van der Waals surface area contributed by atoms with Gasteiger partial charge in [0, 0.05) is 32.3 Å². The van der Waals surface area contributed by atoms with Crippen molar-refractivity contribution >= 4 is 0 Å². The molecule has 1 unspecified atom stereocenters. The quantitative estimate of drug-likeness (QED) is 0.622. The molecule has 0 aliphatic heterocycles. The van der Waals surface area contributed by atoms with E-state index in [1.54, 1.807) is 7.11 Å². The molecule has 3 heteroatoms. The Morgan fingerprint density at radius 2 is 2.13 bits per heavy atom. The molecule has 0 saturated heterocycles. The topological polar surface area (TPSA) is 38.5 Å². The smallest absolute Gasteiger partial charge is 0.0474 e. The molecule has 1 fully saturated rings. The van der Waals surface area contributed by atoms with Crippen LogP contribution in [0.5, 0.6) is 0 Å². The summed E-state index contributed by atoms with van der Waals surface area (Å²) in [4.78, 5) is 2.41. The number of rotatable bonds is 8. The van der Waals surface area contributed by atoms with E-state index >= 15 is 0 Å². The maximum atomic E-state index is 5.92. The van der Waals surface area contributed by atoms with E-state index in [0.29, 0.717) is 0 Å². The van der Waals surface area contributed by atoms with Crippen molar-refractivity contribution in [3.05, 3.63) is 0 Å². The Morgan fingerprint density at radius 1 is 1.47 bits per heavy atom. The lowest BCUT2D eigenvalue weighted by Gasteiger charge is -2.38. The number of hydrogen-bond donors (Lipinski definition) is 1. The van der Waals surface area contributed by atoms with E-state index in [9.17, 15) is 0 Å². The summed E-state index contributed by atoms with van der Waals surface area (Å²) in [5.41, 5.74) is 6.10. The summed E-state index contributed by atoms with van der Waals surface area (Å²) in [7, 11) is 3.94. The molecule has 1 aliphatic carbocycles. The lowest BCUT2D eigenvalue weighted by molar-refractivity contribution is 0.108. The van der Waals surface area contributed by atoms with Crippen LogP contribution in [0, 0.1) is 5.92 Å². The first-order chi connectivity index (χ1) is 7.12. The molecular weight excluding hydrogens is 188 g/mol. The molecule has 0 amide bonds. The van der Waals surface area contributed by atoms with Gasteiger partial charge in [-0.1, -0.05) is 12.8 Å². The SMILES string of the molecule is COCCCN(C)C(C)(CN)CC1CC1. The van der Waals surface area contributed by atoms with Crippen LogP contribution >= 0.6 is 0 Å². The molecule has 0 aromatic carbocycles. The van der Waals surface area contributed by atoms with Gasteiger partial charge >= 0.3 is 0 Å². The number of likely N-dealkylation sites (N-methyl/N-ethyl adjacent to an activating group) is 1. The van der Waals surface area contributed by atoms with E-state index in [2.05, 4.69) is 18.9 Å². The van der Waals surface area contributed by atoms with Crippen LogP contribution in [0.3, 0.4) is 0 Å². The molecule has 2 N–H and O–H groups in total. The van der Waals surface area contributed by atoms with Crippen molar-refractivity contribution in [3.63, 3.8) is 0 Å². The molecule has 3 nitrogen and oxygen atoms in total. The summed E-state index contributed by atoms with van der Waals surface area (Å²) < 4.78 is 5.07. The third-order valence-electron chi connectivity index (χ3n) is 3.63. The zero-order valence-electron chi connectivity index (χ0n) is 10.5. The second kappa shape index (κ2) is 5.83. The first-order valence-corrected chi connectivity index (χ1v) is 6.02. The predicted octanol–water partition coefficient (Wildman–Crippen LogP) is 1.47. The van der Waals surface area contributed by atoms with E-state index in [1.807, 2.05) is 0 Å². The fraction of sp³-hybridized carbons (Fsp3) is 1.00. The highest BCUT2D eigenvalue weighted by molar-refractivity contribution is 4.91. The van der Waals surface area contributed by atoms with Crippen molar-refractivity contribution in [1.82, 2.24) is 4.90 Å². The molecule has 1 rings (SSSR count). The van der Waals surface area contributed by atoms with Gasteiger partial charge in [-0.3, -0.25) is 4.90 Å². The van der Waals surface area contributed by atoms with Gasteiger partial charge in [0.25, 0.3) is 0 Å². The van der Waals surface area contributed by atoms with Crippen molar-refractivity contribution in [3.8, 4) is 0 Å². The molecule has 0 bridgehead atoms. The van der Waals surface area contributed by atoms with Crippen LogP contribution in [0.25, 0.3) is 0 Å². The zero-order valence-corrected chi connectivity index (χ0v) is 10.5. The maximum absolute atomic E-state index is 5.92. The van der Waals surface area contributed by atoms with Gasteiger partial charge in [0.15, 0.2) is 0 Å². The van der Waals surface area contributed by atoms with Crippen LogP contribution in [0.1, 0.15) is 32.6 Å². The summed E-state index contributed by atoms with van der Waals surface area (Å²) in [5, 5.41) is 0. The third-order valence-corrected chi connectivity index (χ3v) is 3.63. The van der Waals surface area contributed by atoms with Crippen LogP contribution in [0.15, 0.2) is 0 Å². The minimum Gasteiger partial charge on any atom is -0.385 e. The highest BCUT2D eigenvalue weighted by Crippen LogP contribution is 2.38. The molecule has 1 saturated carbocycles. The number of hydrogen-bond acceptors (Lipinski definition) is 3. The summed E-state index contributed by atoms with van der Waals surface area (Å²) in [5.74, 6) is 0.934. The maximum Gasteiger partial charge on any atom is 0.0474 e. The van der Waals surface area contributed by atoms with E-state index in [0.717, 1.165) is 32.0 Å². The molecule has 0 radical (unpaired) electrons. The lowest BCUT2D eigenvalue weighted by Crippen LogP contribution is -2.50. The Balaban J connectivity index is 2.32. The zero-order chi connectivity index (χ0) is 11.3. The largest absolute Gasteiger partial charge is 0.385 e. The van der Waals surface area contributed by atoms with Gasteiger partial charge in [-0.15, -0.1) is 0 Å². The standard InChI is InChI=1S/C12H26N2O/c1-12(10-13,9-11-5-6-11)14(2)7-4-8-15-3/h11H,4-10,13H2,1-3H3. The van der Waals surface area contributed by atoms with Crippen molar-refractivity contribution in [2.24, 2.45) is 11.7 Å². The van der Waals surface area contributed by atoms with Crippen LogP contribution in [-0.4, -0.2) is 44.3 Å². The Labute approximate surface area is 94.0 Å². The third kappa shape index (κ3) is 4.09. The second-order valence-corrected chi connectivity index (χ2v) is 5.12. The van der Waals surface area contributed by atoms with Gasteiger partial charge in [0.05, 0.1) is 0 Å². The van der Waals surface area contributed by atoms with E-state index < -0.39 is 0 Å². The highest BCUT2D eigenvalue weighted by atomic mass is 16.5. The fourth-order valence-electron chi connectivity index (χ4n) is 2.05. The number of ether oxygens (including phenoxy) is 1. The minimum atomic E-state index is 0.189. The summed E-state index contributed by atoms with van der Waals surface area (Å²) in [6, 6.07) is 0. The van der Waals surface area contributed by atoms with Crippen LogP contribution in [-0.2, 0) is 4.74 Å². The molecular formula is C12H26N2O. The van der Waals surface area contributed by atoms with E-state index in [-0.39, 0.29) is 5.54 Å². The monoisotopic (exact) mass is 214 g/mol. The van der Waals surface area contributed by atoms with Gasteiger partial charge < -0.3 is 10.5 Å². The second-order valence-electron chi connectivity index (χ2n) is 5.12. The normalized spacial score (nSPS) is 20.6. The summed E-state index contributed by atoms with van der Waals surface area (Å²) in [6.45, 7) is 4.97. The molecule has 0 aromatic heterocycles. The molecule has 0 heterocycles. The number of nitrogens with zero attached hydrogens (tertiary/aromatic N) is 1. The van der Waals surface area contributed by atoms with Gasteiger partial charge in [-0.25, -0.2) is 0 Å². The minimum absolute atomic E-state index is 0.189. The average Bonchev–Trinajstić information content (AvgIpc) is 3.01. The van der Waals surface area contributed by atoms with Gasteiger partial charge in [-0.2, -0.15) is 0 Å². The first-order valence-electron chi connectivity index (χ1n) is 6.02. The molecule has 0 spiro atoms. The summed E-state index contributed by atoms with van der Waals surface area (Å²) >= 11 is 0. The van der Waals surface area contributed by atoms with Crippen LogP contribution in [0.4, 0.5) is 0 Å². The lowest BCUT2D eigenvalue weighted by atomic mass is 9.93. The van der Waals surface area contributed by atoms with Crippen molar-refractivity contribution < 1.29 is 4.74 Å². The molecule has 15 heavy (non-hydrogen) atoms. The Morgan fingerprint density at radius 3 is 2.60 bits per heavy atom. The van der Waals surface area contributed by atoms with E-state index in [4.69, 9.17) is 10.5 Å². The van der Waals surface area contributed by atoms with Crippen LogP contribution in [0.2, 0.25) is 0 Å². The average molecular weight is 214 g/mol. The number of methoxy groups -OCH3 is 1. The molecule has 1 aliphatic rings. The van der Waals surface area contributed by atoms with E-state index in [1.165, 1.54) is 19.3 Å². The first kappa shape index (κ1) is 12.9. The predicted molar refractivity (Wildman–Crippen MR) is 63.9 cm³/mol. The van der Waals surface area contributed by atoms with Crippen LogP contribution < -0.4 is 5.73 Å². The molecule has 0 aromatic rings. The fourth-order valence-corrected chi connectivity index (χ4v) is 2.05. The Kier molecular flexibility index (Phi) is 5.03. The van der Waals surface area contributed by atoms with Crippen molar-refractivity contribution in [1.29, 1.82) is 0 Å². The highest BCUT2D eigenvalue weighted by Gasteiger charge is 2.34. The van der Waals surface area contributed by atoms with Gasteiger partial charge in [-0.05, 0) is 32.7 Å². The number of nitrogens with two attached hydrogens (primary N) is 1. The van der Waals surface area contributed by atoms with Gasteiger partial charge in [0.2, 0.25) is 0 Å². The van der Waals surface area contributed by atoms with Crippen molar-refractivity contribution in [2.45, 2.75) is 38.1 Å². The Hall–Kier alpha value is -0.120. The molecule has 90 valence electrons. The van der Waals surface area contributed by atoms with Crippen molar-refractivity contribution in [2.75, 3.05) is 33.9 Å². The van der Waals surface area contributed by atoms with Gasteiger partial charge in [0.1, 0.15) is 0 Å².